The predicted octanol–water partition coefficient (Wildman–Crippen LogP) is 0.481. The molecule has 15 heavy (non-hydrogen) atoms. The Kier molecular flexibility index (Phi) is 5.65. The largest absolute Gasteiger partial charge is 0.383 e. The third kappa shape index (κ3) is 5.14. The van der Waals surface area contributed by atoms with Crippen molar-refractivity contribution in [3.63, 3.8) is 0 Å². The highest BCUT2D eigenvalue weighted by molar-refractivity contribution is 5.77. The molecule has 0 spiro atoms. The summed E-state index contributed by atoms with van der Waals surface area (Å²) < 4.78 is 4.87. The number of carbonyl (C=O) groups is 1. The Hall–Kier alpha value is -0.610. The maximum absolute atomic E-state index is 11.5. The highest BCUT2D eigenvalue weighted by atomic mass is 16.5. The van der Waals surface area contributed by atoms with Gasteiger partial charge >= 0.3 is 0 Å². The molecule has 4 heteroatoms. The zero-order chi connectivity index (χ0) is 11.1. The zero-order valence-electron chi connectivity index (χ0n) is 9.79. The molecule has 0 aromatic rings. The van der Waals surface area contributed by atoms with Crippen LogP contribution in [0.15, 0.2) is 0 Å². The molecular weight excluding hydrogens is 192 g/mol. The summed E-state index contributed by atoms with van der Waals surface area (Å²) in [5, 5.41) is 2.84. The first-order chi connectivity index (χ1) is 7.22. The lowest BCUT2D eigenvalue weighted by atomic mass is 10.0. The van der Waals surface area contributed by atoms with Crippen LogP contribution in [0.3, 0.4) is 0 Å². The van der Waals surface area contributed by atoms with Gasteiger partial charge in [0, 0.05) is 20.2 Å². The second-order valence-corrected chi connectivity index (χ2v) is 4.33. The van der Waals surface area contributed by atoms with Crippen molar-refractivity contribution in [2.75, 3.05) is 39.9 Å². The van der Waals surface area contributed by atoms with Gasteiger partial charge in [0.15, 0.2) is 0 Å². The number of likely N-dealkylation sites (tertiary alicyclic amines) is 1. The number of ether oxygens (including phenoxy) is 1. The third-order valence-electron chi connectivity index (χ3n) is 2.74. The van der Waals surface area contributed by atoms with Crippen LogP contribution < -0.4 is 5.32 Å². The van der Waals surface area contributed by atoms with Gasteiger partial charge in [0.2, 0.25) is 5.91 Å². The smallest absolute Gasteiger partial charge is 0.234 e. The second-order valence-electron chi connectivity index (χ2n) is 4.33. The molecule has 1 fully saturated rings. The fraction of sp³-hybridized carbons (Fsp3) is 0.909. The summed E-state index contributed by atoms with van der Waals surface area (Å²) in [5.41, 5.74) is 0. The van der Waals surface area contributed by atoms with E-state index in [1.165, 1.54) is 12.8 Å². The lowest BCUT2D eigenvalue weighted by Gasteiger charge is -2.30. The van der Waals surface area contributed by atoms with Crippen molar-refractivity contribution in [1.82, 2.24) is 10.2 Å². The van der Waals surface area contributed by atoms with Crippen LogP contribution >= 0.6 is 0 Å². The van der Waals surface area contributed by atoms with Gasteiger partial charge < -0.3 is 10.1 Å². The van der Waals surface area contributed by atoms with E-state index in [-0.39, 0.29) is 5.91 Å². The predicted molar refractivity (Wildman–Crippen MR) is 59.7 cm³/mol. The molecule has 4 nitrogen and oxygen atoms in total. The summed E-state index contributed by atoms with van der Waals surface area (Å²) in [4.78, 5) is 13.7. The fourth-order valence-electron chi connectivity index (χ4n) is 1.98. The van der Waals surface area contributed by atoms with Crippen molar-refractivity contribution >= 4 is 5.91 Å². The molecule has 1 N–H and O–H groups in total. The molecule has 1 heterocycles. The Morgan fingerprint density at radius 2 is 2.40 bits per heavy atom. The molecular formula is C11H22N2O2. The van der Waals surface area contributed by atoms with Crippen LogP contribution in [0.25, 0.3) is 0 Å². The molecule has 0 bridgehead atoms. The number of nitrogens with one attached hydrogen (secondary N) is 1. The van der Waals surface area contributed by atoms with Gasteiger partial charge in [-0.15, -0.1) is 0 Å². The first-order valence-electron chi connectivity index (χ1n) is 5.70. The normalized spacial score (nSPS) is 22.7. The number of hydrogen-bond donors (Lipinski definition) is 1. The first kappa shape index (κ1) is 12.5. The lowest BCUT2D eigenvalue weighted by molar-refractivity contribution is -0.122. The molecule has 1 amide bonds. The molecule has 1 unspecified atom stereocenters. The highest BCUT2D eigenvalue weighted by Crippen LogP contribution is 2.14. The Bertz CT molecular complexity index is 197. The number of amides is 1. The maximum Gasteiger partial charge on any atom is 0.234 e. The fourth-order valence-corrected chi connectivity index (χ4v) is 1.98. The molecule has 1 rings (SSSR count). The Morgan fingerprint density at radius 1 is 1.60 bits per heavy atom. The number of hydrogen-bond acceptors (Lipinski definition) is 3. The molecule has 88 valence electrons. The van der Waals surface area contributed by atoms with Gasteiger partial charge in [-0.1, -0.05) is 6.92 Å². The standard InChI is InChI=1S/C11H22N2O2/c1-10-4-3-6-13(8-10)9-11(14)12-5-7-15-2/h10H,3-9H2,1-2H3,(H,12,14). The molecule has 1 aliphatic heterocycles. The van der Waals surface area contributed by atoms with Gasteiger partial charge in [0.1, 0.15) is 0 Å². The van der Waals surface area contributed by atoms with E-state index in [4.69, 9.17) is 4.74 Å². The minimum Gasteiger partial charge on any atom is -0.383 e. The molecule has 1 aliphatic rings. The molecule has 0 aromatic heterocycles. The molecule has 1 atom stereocenters. The first-order valence-corrected chi connectivity index (χ1v) is 5.70. The topological polar surface area (TPSA) is 41.6 Å². The summed E-state index contributed by atoms with van der Waals surface area (Å²) in [6.07, 6.45) is 2.51. The lowest BCUT2D eigenvalue weighted by Crippen LogP contribution is -2.42. The van der Waals surface area contributed by atoms with Crippen LogP contribution in [0.2, 0.25) is 0 Å². The maximum atomic E-state index is 11.5. The van der Waals surface area contributed by atoms with Gasteiger partial charge in [-0.05, 0) is 25.3 Å². The minimum absolute atomic E-state index is 0.112. The summed E-state index contributed by atoms with van der Waals surface area (Å²) in [6.45, 7) is 6.09. The summed E-state index contributed by atoms with van der Waals surface area (Å²) >= 11 is 0. The Balaban J connectivity index is 2.13. The van der Waals surface area contributed by atoms with Crippen LogP contribution in [-0.2, 0) is 9.53 Å². The van der Waals surface area contributed by atoms with E-state index in [1.54, 1.807) is 7.11 Å². The van der Waals surface area contributed by atoms with Crippen molar-refractivity contribution in [3.8, 4) is 0 Å². The van der Waals surface area contributed by atoms with Crippen LogP contribution in [0, 0.1) is 5.92 Å². The summed E-state index contributed by atoms with van der Waals surface area (Å²) in [5.74, 6) is 0.840. The number of carbonyl (C=O) groups excluding carboxylic acids is 1. The van der Waals surface area contributed by atoms with E-state index < -0.39 is 0 Å². The molecule has 0 radical (unpaired) electrons. The number of methoxy groups -OCH3 is 1. The van der Waals surface area contributed by atoms with Crippen molar-refractivity contribution < 1.29 is 9.53 Å². The van der Waals surface area contributed by atoms with Gasteiger partial charge in [0.05, 0.1) is 13.2 Å². The van der Waals surface area contributed by atoms with Crippen LogP contribution in [0.4, 0.5) is 0 Å². The molecule has 0 aromatic carbocycles. The summed E-state index contributed by atoms with van der Waals surface area (Å²) in [6, 6.07) is 0. The SMILES string of the molecule is COCCNC(=O)CN1CCCC(C)C1. The molecule has 0 aliphatic carbocycles. The van der Waals surface area contributed by atoms with Crippen LogP contribution in [0.5, 0.6) is 0 Å². The number of piperidine rings is 1. The van der Waals surface area contributed by atoms with Crippen LogP contribution in [0.1, 0.15) is 19.8 Å². The van der Waals surface area contributed by atoms with Gasteiger partial charge in [-0.2, -0.15) is 0 Å². The van der Waals surface area contributed by atoms with E-state index >= 15 is 0 Å². The third-order valence-corrected chi connectivity index (χ3v) is 2.74. The van der Waals surface area contributed by atoms with Gasteiger partial charge in [-0.3, -0.25) is 9.69 Å². The Morgan fingerprint density at radius 3 is 3.07 bits per heavy atom. The van der Waals surface area contributed by atoms with Crippen molar-refractivity contribution in [3.05, 3.63) is 0 Å². The van der Waals surface area contributed by atoms with Crippen molar-refractivity contribution in [2.24, 2.45) is 5.92 Å². The number of rotatable bonds is 5. The monoisotopic (exact) mass is 214 g/mol. The average molecular weight is 214 g/mol. The molecule has 1 saturated heterocycles. The summed E-state index contributed by atoms with van der Waals surface area (Å²) in [7, 11) is 1.64. The average Bonchev–Trinajstić information content (AvgIpc) is 2.18. The van der Waals surface area contributed by atoms with Crippen molar-refractivity contribution in [2.45, 2.75) is 19.8 Å². The van der Waals surface area contributed by atoms with E-state index in [1.807, 2.05) is 0 Å². The number of nitrogens with zero attached hydrogens (tertiary/aromatic N) is 1. The van der Waals surface area contributed by atoms with Crippen molar-refractivity contribution in [1.29, 1.82) is 0 Å². The van der Waals surface area contributed by atoms with E-state index in [2.05, 4.69) is 17.1 Å². The minimum atomic E-state index is 0.112. The highest BCUT2D eigenvalue weighted by Gasteiger charge is 2.17. The zero-order valence-corrected chi connectivity index (χ0v) is 9.79. The molecule has 0 saturated carbocycles. The Labute approximate surface area is 92.0 Å². The van der Waals surface area contributed by atoms with Gasteiger partial charge in [0.25, 0.3) is 0 Å². The van der Waals surface area contributed by atoms with Gasteiger partial charge in [-0.25, -0.2) is 0 Å². The quantitative estimate of drug-likeness (QED) is 0.677. The van der Waals surface area contributed by atoms with E-state index in [0.717, 1.165) is 19.0 Å². The van der Waals surface area contributed by atoms with Crippen LogP contribution in [-0.4, -0.2) is 50.7 Å². The van der Waals surface area contributed by atoms with E-state index in [9.17, 15) is 4.79 Å². The second kappa shape index (κ2) is 6.80. The van der Waals surface area contributed by atoms with E-state index in [0.29, 0.717) is 19.7 Å².